The number of hydrogen-bond acceptors (Lipinski definition) is 2. The molecule has 1 atom stereocenters. The first-order valence-electron chi connectivity index (χ1n) is 4.72. The molecule has 0 bridgehead atoms. The molecular weight excluding hydrogens is 220 g/mol. The van der Waals surface area contributed by atoms with Crippen LogP contribution in [0.3, 0.4) is 0 Å². The van der Waals surface area contributed by atoms with E-state index in [1.807, 2.05) is 0 Å². The summed E-state index contributed by atoms with van der Waals surface area (Å²) >= 11 is 3.42. The molecule has 1 saturated carbocycles. The number of alkyl halides is 1. The van der Waals surface area contributed by atoms with Crippen molar-refractivity contribution in [3.63, 3.8) is 0 Å². The molecule has 2 aliphatic rings. The van der Waals surface area contributed by atoms with Gasteiger partial charge in [-0.15, -0.1) is 0 Å². The van der Waals surface area contributed by atoms with Crippen molar-refractivity contribution in [2.45, 2.75) is 44.0 Å². The average Bonchev–Trinajstić information content (AvgIpc) is 2.65. The quantitative estimate of drug-likeness (QED) is 0.684. The number of hydrogen-bond donors (Lipinski definition) is 0. The molecule has 12 heavy (non-hydrogen) atoms. The van der Waals surface area contributed by atoms with Crippen LogP contribution in [0, 0.1) is 0 Å². The lowest BCUT2D eigenvalue weighted by Gasteiger charge is -2.21. The van der Waals surface area contributed by atoms with Gasteiger partial charge < -0.3 is 9.47 Å². The Bertz CT molecular complexity index is 155. The molecule has 70 valence electrons. The largest absolute Gasteiger partial charge is 0.347 e. The van der Waals surface area contributed by atoms with Crippen molar-refractivity contribution in [3.05, 3.63) is 0 Å². The van der Waals surface area contributed by atoms with Crippen LogP contribution in [0.4, 0.5) is 0 Å². The van der Waals surface area contributed by atoms with Crippen LogP contribution in [0.1, 0.15) is 32.1 Å². The molecule has 1 spiro atoms. The summed E-state index contributed by atoms with van der Waals surface area (Å²) in [4.78, 5) is 0. The Balaban J connectivity index is 1.88. The Hall–Kier alpha value is 0.400. The summed E-state index contributed by atoms with van der Waals surface area (Å²) in [6.07, 6.45) is 6.14. The zero-order chi connectivity index (χ0) is 8.44. The molecule has 1 aliphatic heterocycles. The van der Waals surface area contributed by atoms with Gasteiger partial charge in [-0.1, -0.05) is 15.9 Å². The van der Waals surface area contributed by atoms with Gasteiger partial charge >= 0.3 is 0 Å². The lowest BCUT2D eigenvalue weighted by Crippen LogP contribution is -2.26. The Kier molecular flexibility index (Phi) is 2.72. The predicted molar refractivity (Wildman–Crippen MR) is 50.4 cm³/mol. The van der Waals surface area contributed by atoms with Crippen LogP contribution in [0.25, 0.3) is 0 Å². The first kappa shape index (κ1) is 8.97. The molecule has 2 nitrogen and oxygen atoms in total. The third-order valence-corrected chi connectivity index (χ3v) is 3.17. The molecular formula is C9H15BrO2. The summed E-state index contributed by atoms with van der Waals surface area (Å²) in [5, 5.41) is 1.01. The van der Waals surface area contributed by atoms with Crippen LogP contribution >= 0.6 is 15.9 Å². The minimum Gasteiger partial charge on any atom is -0.347 e. The summed E-state index contributed by atoms with van der Waals surface area (Å²) in [6.45, 7) is 0.797. The summed E-state index contributed by atoms with van der Waals surface area (Å²) in [5.41, 5.74) is 0. The van der Waals surface area contributed by atoms with E-state index in [9.17, 15) is 0 Å². The third kappa shape index (κ3) is 1.68. The van der Waals surface area contributed by atoms with Crippen molar-refractivity contribution in [1.82, 2.24) is 0 Å². The van der Waals surface area contributed by atoms with Gasteiger partial charge in [0.15, 0.2) is 5.79 Å². The minimum atomic E-state index is -0.160. The maximum Gasteiger partial charge on any atom is 0.168 e. The maximum atomic E-state index is 5.90. The summed E-state index contributed by atoms with van der Waals surface area (Å²) < 4.78 is 11.6. The molecule has 0 unspecified atom stereocenters. The molecule has 1 aliphatic carbocycles. The second-order valence-electron chi connectivity index (χ2n) is 3.65. The number of halogens is 1. The van der Waals surface area contributed by atoms with Crippen molar-refractivity contribution in [2.24, 2.45) is 0 Å². The van der Waals surface area contributed by atoms with E-state index in [1.54, 1.807) is 0 Å². The Morgan fingerprint density at radius 2 is 2.08 bits per heavy atom. The molecule has 3 heteroatoms. The molecule has 0 aromatic rings. The van der Waals surface area contributed by atoms with E-state index in [0.717, 1.165) is 31.2 Å². The van der Waals surface area contributed by atoms with Gasteiger partial charge in [0.2, 0.25) is 0 Å². The number of rotatable bonds is 2. The molecule has 1 saturated heterocycles. The summed E-state index contributed by atoms with van der Waals surface area (Å²) in [5.74, 6) is -0.160. The second-order valence-corrected chi connectivity index (χ2v) is 4.44. The first-order valence-corrected chi connectivity index (χ1v) is 5.84. The summed E-state index contributed by atoms with van der Waals surface area (Å²) in [6, 6.07) is 0. The third-order valence-electron chi connectivity index (χ3n) is 2.71. The van der Waals surface area contributed by atoms with Gasteiger partial charge in [0.05, 0.1) is 12.7 Å². The van der Waals surface area contributed by atoms with Gasteiger partial charge in [-0.3, -0.25) is 0 Å². The number of ether oxygens (including phenoxy) is 2. The van der Waals surface area contributed by atoms with Gasteiger partial charge in [-0.25, -0.2) is 0 Å². The van der Waals surface area contributed by atoms with Crippen molar-refractivity contribution >= 4 is 15.9 Å². The maximum absolute atomic E-state index is 5.90. The molecule has 0 aromatic heterocycles. The van der Waals surface area contributed by atoms with E-state index in [2.05, 4.69) is 15.9 Å². The second kappa shape index (κ2) is 3.64. The molecule has 0 N–H and O–H groups in total. The van der Waals surface area contributed by atoms with Crippen LogP contribution in [-0.2, 0) is 9.47 Å². The van der Waals surface area contributed by atoms with Gasteiger partial charge in [0.1, 0.15) is 0 Å². The Morgan fingerprint density at radius 1 is 1.33 bits per heavy atom. The van der Waals surface area contributed by atoms with E-state index in [4.69, 9.17) is 9.47 Å². The highest BCUT2D eigenvalue weighted by atomic mass is 79.9. The molecule has 0 aromatic carbocycles. The highest BCUT2D eigenvalue weighted by Crippen LogP contribution is 2.39. The van der Waals surface area contributed by atoms with Crippen LogP contribution < -0.4 is 0 Å². The Morgan fingerprint density at radius 3 is 2.75 bits per heavy atom. The summed E-state index contributed by atoms with van der Waals surface area (Å²) in [7, 11) is 0. The highest BCUT2D eigenvalue weighted by molar-refractivity contribution is 9.09. The van der Waals surface area contributed by atoms with Crippen molar-refractivity contribution in [1.29, 1.82) is 0 Å². The molecule has 2 rings (SSSR count). The molecule has 0 radical (unpaired) electrons. The zero-order valence-corrected chi connectivity index (χ0v) is 8.81. The van der Waals surface area contributed by atoms with Crippen LogP contribution in [-0.4, -0.2) is 23.8 Å². The highest BCUT2D eigenvalue weighted by Gasteiger charge is 2.43. The van der Waals surface area contributed by atoms with Crippen LogP contribution in [0.15, 0.2) is 0 Å². The molecule has 1 heterocycles. The van der Waals surface area contributed by atoms with Crippen molar-refractivity contribution in [3.8, 4) is 0 Å². The van der Waals surface area contributed by atoms with E-state index < -0.39 is 0 Å². The zero-order valence-electron chi connectivity index (χ0n) is 7.22. The SMILES string of the molecule is BrCC[C@@H]1COC2(CCCC2)O1. The fourth-order valence-corrected chi connectivity index (χ4v) is 2.57. The van der Waals surface area contributed by atoms with Gasteiger partial charge in [-0.05, 0) is 19.3 Å². The first-order chi connectivity index (χ1) is 5.85. The Labute approximate surface area is 81.7 Å². The lowest BCUT2D eigenvalue weighted by molar-refractivity contribution is -0.161. The lowest BCUT2D eigenvalue weighted by atomic mass is 10.2. The van der Waals surface area contributed by atoms with Crippen molar-refractivity contribution < 1.29 is 9.47 Å². The van der Waals surface area contributed by atoms with Crippen LogP contribution in [0.5, 0.6) is 0 Å². The van der Waals surface area contributed by atoms with Gasteiger partial charge in [-0.2, -0.15) is 0 Å². The van der Waals surface area contributed by atoms with E-state index in [1.165, 1.54) is 12.8 Å². The molecule has 0 amide bonds. The molecule has 2 fully saturated rings. The predicted octanol–water partition coefficient (Wildman–Crippen LogP) is 2.46. The normalized spacial score (nSPS) is 33.2. The monoisotopic (exact) mass is 234 g/mol. The van der Waals surface area contributed by atoms with E-state index >= 15 is 0 Å². The smallest absolute Gasteiger partial charge is 0.168 e. The standard InChI is InChI=1S/C9H15BrO2/c10-6-3-8-7-11-9(12-8)4-1-2-5-9/h8H,1-7H2/t8-/m1/s1. The topological polar surface area (TPSA) is 18.5 Å². The fourth-order valence-electron chi connectivity index (χ4n) is 2.06. The van der Waals surface area contributed by atoms with E-state index in [0.29, 0.717) is 6.10 Å². The van der Waals surface area contributed by atoms with Gasteiger partial charge in [0, 0.05) is 18.2 Å². The van der Waals surface area contributed by atoms with Gasteiger partial charge in [0.25, 0.3) is 0 Å². The fraction of sp³-hybridized carbons (Fsp3) is 1.00. The van der Waals surface area contributed by atoms with E-state index in [-0.39, 0.29) is 5.79 Å². The van der Waals surface area contributed by atoms with Crippen LogP contribution in [0.2, 0.25) is 0 Å². The average molecular weight is 235 g/mol. The minimum absolute atomic E-state index is 0.160. The van der Waals surface area contributed by atoms with Crippen molar-refractivity contribution in [2.75, 3.05) is 11.9 Å².